The third-order valence-electron chi connectivity index (χ3n) is 4.22. The number of halogens is 5. The highest BCUT2D eigenvalue weighted by Gasteiger charge is 2.38. The van der Waals surface area contributed by atoms with Crippen LogP contribution in [0.1, 0.15) is 35.6 Å². The molecule has 2 aromatic heterocycles. The van der Waals surface area contributed by atoms with Gasteiger partial charge in [0, 0.05) is 11.8 Å². The Labute approximate surface area is 160 Å². The minimum atomic E-state index is -4.72. The van der Waals surface area contributed by atoms with Crippen molar-refractivity contribution >= 4 is 23.3 Å². The lowest BCUT2D eigenvalue weighted by Crippen LogP contribution is -2.16. The predicted octanol–water partition coefficient (Wildman–Crippen LogP) is 3.97. The SMILES string of the molecule is CC1N=C(c2ncccc2F)c2c(ccc(C(F)(F)F)c2Cl)-n2nc(N)nc21. The van der Waals surface area contributed by atoms with Gasteiger partial charge in [-0.2, -0.15) is 18.2 Å². The Morgan fingerprint density at radius 1 is 1.21 bits per heavy atom. The number of alkyl halides is 3. The fourth-order valence-corrected chi connectivity index (χ4v) is 3.39. The number of aliphatic imine (C=N–C) groups is 1. The van der Waals surface area contributed by atoms with Crippen LogP contribution in [0.4, 0.5) is 23.5 Å². The molecule has 0 aliphatic carbocycles. The summed E-state index contributed by atoms with van der Waals surface area (Å²) in [6.07, 6.45) is -3.41. The van der Waals surface area contributed by atoms with Crippen molar-refractivity contribution in [1.29, 1.82) is 0 Å². The molecule has 11 heteroatoms. The van der Waals surface area contributed by atoms with Gasteiger partial charge in [0.2, 0.25) is 5.95 Å². The van der Waals surface area contributed by atoms with Crippen LogP contribution >= 0.6 is 11.6 Å². The number of anilines is 1. The van der Waals surface area contributed by atoms with Crippen LogP contribution in [0.25, 0.3) is 5.69 Å². The second-order valence-electron chi connectivity index (χ2n) is 6.05. The molecule has 2 N–H and O–H groups in total. The Bertz CT molecular complexity index is 1120. The van der Waals surface area contributed by atoms with Gasteiger partial charge in [0.25, 0.3) is 0 Å². The van der Waals surface area contributed by atoms with E-state index >= 15 is 0 Å². The van der Waals surface area contributed by atoms with Crippen molar-refractivity contribution in [2.24, 2.45) is 4.99 Å². The molecular weight excluding hydrogens is 400 g/mol. The van der Waals surface area contributed by atoms with Gasteiger partial charge in [-0.3, -0.25) is 9.98 Å². The van der Waals surface area contributed by atoms with E-state index in [1.54, 1.807) is 6.92 Å². The summed E-state index contributed by atoms with van der Waals surface area (Å²) in [4.78, 5) is 12.4. The van der Waals surface area contributed by atoms with Crippen molar-refractivity contribution in [2.45, 2.75) is 19.1 Å². The third kappa shape index (κ3) is 2.80. The van der Waals surface area contributed by atoms with Crippen LogP contribution in [0.2, 0.25) is 5.02 Å². The first-order valence-corrected chi connectivity index (χ1v) is 8.38. The summed E-state index contributed by atoms with van der Waals surface area (Å²) in [5.74, 6) is -0.549. The lowest BCUT2D eigenvalue weighted by atomic mass is 10.0. The molecular formula is C17H11ClF4N6. The van der Waals surface area contributed by atoms with Gasteiger partial charge in [-0.25, -0.2) is 9.07 Å². The third-order valence-corrected chi connectivity index (χ3v) is 4.61. The molecule has 0 amide bonds. The standard InChI is InChI=1S/C17H11ClF4N6/c1-7-15-26-16(23)27-28(15)10-5-4-8(17(20,21)22)12(18)11(10)14(25-7)13-9(19)3-2-6-24-13/h2-7H,1H3,(H2,23,27). The number of fused-ring (bicyclic) bond motifs is 3. The Morgan fingerprint density at radius 3 is 2.64 bits per heavy atom. The summed E-state index contributed by atoms with van der Waals surface area (Å²) in [6.45, 7) is 1.63. The molecule has 0 saturated heterocycles. The number of nitrogens with two attached hydrogens (primary N) is 1. The van der Waals surface area contributed by atoms with Gasteiger partial charge in [0.1, 0.15) is 11.7 Å². The van der Waals surface area contributed by atoms with E-state index in [2.05, 4.69) is 20.1 Å². The van der Waals surface area contributed by atoms with E-state index in [-0.39, 0.29) is 34.4 Å². The van der Waals surface area contributed by atoms with Gasteiger partial charge in [-0.05, 0) is 31.2 Å². The molecule has 0 bridgehead atoms. The van der Waals surface area contributed by atoms with E-state index in [0.29, 0.717) is 0 Å². The molecule has 0 fully saturated rings. The first kappa shape index (κ1) is 18.4. The number of nitrogens with zero attached hydrogens (tertiary/aromatic N) is 5. The van der Waals surface area contributed by atoms with Gasteiger partial charge in [0.15, 0.2) is 11.6 Å². The maximum atomic E-state index is 14.4. The second kappa shape index (κ2) is 6.26. The zero-order chi connectivity index (χ0) is 20.2. The monoisotopic (exact) mass is 410 g/mol. The Hall–Kier alpha value is -3.01. The topological polar surface area (TPSA) is 82.0 Å². The maximum absolute atomic E-state index is 14.4. The van der Waals surface area contributed by atoms with Crippen molar-refractivity contribution in [3.63, 3.8) is 0 Å². The minimum Gasteiger partial charge on any atom is -0.366 e. The van der Waals surface area contributed by atoms with Crippen molar-refractivity contribution in [1.82, 2.24) is 19.7 Å². The second-order valence-corrected chi connectivity index (χ2v) is 6.42. The summed E-state index contributed by atoms with van der Waals surface area (Å²) >= 11 is 6.16. The summed E-state index contributed by atoms with van der Waals surface area (Å²) in [7, 11) is 0. The fourth-order valence-electron chi connectivity index (χ4n) is 3.03. The van der Waals surface area contributed by atoms with E-state index in [1.165, 1.54) is 23.0 Å². The zero-order valence-corrected chi connectivity index (χ0v) is 14.9. The van der Waals surface area contributed by atoms with Crippen LogP contribution in [0, 0.1) is 5.82 Å². The molecule has 0 radical (unpaired) electrons. The first-order chi connectivity index (χ1) is 13.2. The quantitative estimate of drug-likeness (QED) is 0.615. The average molecular weight is 411 g/mol. The van der Waals surface area contributed by atoms with E-state index in [0.717, 1.165) is 12.1 Å². The molecule has 1 aromatic carbocycles. The van der Waals surface area contributed by atoms with Gasteiger partial charge in [-0.1, -0.05) is 11.6 Å². The average Bonchev–Trinajstić information content (AvgIpc) is 2.96. The molecule has 3 heterocycles. The lowest BCUT2D eigenvalue weighted by molar-refractivity contribution is -0.137. The van der Waals surface area contributed by atoms with Crippen molar-refractivity contribution < 1.29 is 17.6 Å². The summed E-state index contributed by atoms with van der Waals surface area (Å²) < 4.78 is 56.0. The van der Waals surface area contributed by atoms with E-state index < -0.39 is 28.6 Å². The van der Waals surface area contributed by atoms with E-state index in [4.69, 9.17) is 17.3 Å². The van der Waals surface area contributed by atoms with Crippen molar-refractivity contribution in [3.05, 3.63) is 63.9 Å². The van der Waals surface area contributed by atoms with Gasteiger partial charge >= 0.3 is 6.18 Å². The van der Waals surface area contributed by atoms with Crippen LogP contribution in [-0.4, -0.2) is 25.5 Å². The van der Waals surface area contributed by atoms with Crippen molar-refractivity contribution in [2.75, 3.05) is 5.73 Å². The number of pyridine rings is 1. The highest BCUT2D eigenvalue weighted by atomic mass is 35.5. The number of aromatic nitrogens is 4. The first-order valence-electron chi connectivity index (χ1n) is 8.00. The fraction of sp³-hybridized carbons (Fsp3) is 0.176. The van der Waals surface area contributed by atoms with Gasteiger partial charge in [0.05, 0.1) is 22.0 Å². The van der Waals surface area contributed by atoms with Crippen LogP contribution in [0.5, 0.6) is 0 Å². The molecule has 3 aromatic rings. The number of nitrogen functional groups attached to an aromatic ring is 1. The molecule has 1 aliphatic heterocycles. The zero-order valence-electron chi connectivity index (χ0n) is 14.2. The number of hydrogen-bond acceptors (Lipinski definition) is 5. The highest BCUT2D eigenvalue weighted by molar-refractivity contribution is 6.37. The number of rotatable bonds is 1. The van der Waals surface area contributed by atoms with Crippen LogP contribution in [0.15, 0.2) is 35.5 Å². The molecule has 0 spiro atoms. The normalized spacial score (nSPS) is 16.2. The van der Waals surface area contributed by atoms with Crippen LogP contribution < -0.4 is 5.73 Å². The van der Waals surface area contributed by atoms with Crippen LogP contribution in [-0.2, 0) is 6.18 Å². The smallest absolute Gasteiger partial charge is 0.366 e. The van der Waals surface area contributed by atoms with Gasteiger partial charge in [-0.15, -0.1) is 5.10 Å². The Kier molecular flexibility index (Phi) is 4.11. The molecule has 6 nitrogen and oxygen atoms in total. The molecule has 144 valence electrons. The predicted molar refractivity (Wildman–Crippen MR) is 94.0 cm³/mol. The van der Waals surface area contributed by atoms with Gasteiger partial charge < -0.3 is 5.73 Å². The van der Waals surface area contributed by atoms with E-state index in [9.17, 15) is 17.6 Å². The molecule has 1 atom stereocenters. The van der Waals surface area contributed by atoms with Crippen molar-refractivity contribution in [3.8, 4) is 5.69 Å². The minimum absolute atomic E-state index is 0.0773. The number of benzene rings is 1. The largest absolute Gasteiger partial charge is 0.417 e. The molecule has 0 saturated carbocycles. The lowest BCUT2D eigenvalue weighted by Gasteiger charge is -2.17. The highest BCUT2D eigenvalue weighted by Crippen LogP contribution is 2.41. The van der Waals surface area contributed by atoms with Crippen LogP contribution in [0.3, 0.4) is 0 Å². The Morgan fingerprint density at radius 2 is 1.96 bits per heavy atom. The summed E-state index contributed by atoms with van der Waals surface area (Å²) in [6, 6.07) is 3.80. The maximum Gasteiger partial charge on any atom is 0.417 e. The molecule has 1 unspecified atom stereocenters. The Balaban J connectivity index is 2.11. The van der Waals surface area contributed by atoms with E-state index in [1.807, 2.05) is 0 Å². The molecule has 28 heavy (non-hydrogen) atoms. The number of hydrogen-bond donors (Lipinski definition) is 1. The summed E-state index contributed by atoms with van der Waals surface area (Å²) in [5, 5.41) is 3.41. The summed E-state index contributed by atoms with van der Waals surface area (Å²) in [5.41, 5.74) is 4.22. The molecule has 1 aliphatic rings. The molecule has 4 rings (SSSR count).